The number of benzene rings is 4. The maximum absolute atomic E-state index is 14.5. The van der Waals surface area contributed by atoms with E-state index in [1.54, 1.807) is 77.6 Å². The number of nitrogens with one attached hydrogen (secondary N) is 2. The highest BCUT2D eigenvalue weighted by molar-refractivity contribution is 7.44. The van der Waals surface area contributed by atoms with Crippen molar-refractivity contribution in [2.45, 2.75) is 70.6 Å². The molecule has 15 heteroatoms. The molecule has 0 aromatic heterocycles. The van der Waals surface area contributed by atoms with Crippen molar-refractivity contribution in [3.05, 3.63) is 144 Å². The zero-order valence-corrected chi connectivity index (χ0v) is 33.5. The molecule has 0 fully saturated rings. The van der Waals surface area contributed by atoms with E-state index < -0.39 is 68.9 Å². The first-order valence-corrected chi connectivity index (χ1v) is 19.7. The number of carbonyl (C=O) groups is 5. The van der Waals surface area contributed by atoms with E-state index in [4.69, 9.17) is 18.5 Å². The Morgan fingerprint density at radius 1 is 0.690 bits per heavy atom. The Balaban J connectivity index is 1.86. The van der Waals surface area contributed by atoms with Crippen molar-refractivity contribution in [2.24, 2.45) is 0 Å². The Morgan fingerprint density at radius 2 is 1.16 bits per heavy atom. The molecule has 4 aromatic carbocycles. The van der Waals surface area contributed by atoms with Crippen LogP contribution in [-0.4, -0.2) is 88.9 Å². The summed E-state index contributed by atoms with van der Waals surface area (Å²) in [5.41, 5.74) is 3.36. The molecule has 0 spiro atoms. The first-order valence-electron chi connectivity index (χ1n) is 18.6. The third-order valence-electron chi connectivity index (χ3n) is 8.23. The Bertz CT molecular complexity index is 1980. The summed E-state index contributed by atoms with van der Waals surface area (Å²) in [4.78, 5) is 69.9. The van der Waals surface area contributed by atoms with Gasteiger partial charge in [0.05, 0.1) is 36.8 Å². The smallest absolute Gasteiger partial charge is 0.338 e. The number of amides is 1. The van der Waals surface area contributed by atoms with Crippen molar-refractivity contribution in [3.63, 3.8) is 0 Å². The van der Waals surface area contributed by atoms with Crippen LogP contribution in [0.25, 0.3) is 0 Å². The van der Waals surface area contributed by atoms with Gasteiger partial charge in [-0.1, -0.05) is 84.9 Å². The van der Waals surface area contributed by atoms with E-state index in [0.717, 1.165) is 0 Å². The van der Waals surface area contributed by atoms with Crippen LogP contribution < -0.4 is 10.7 Å². The van der Waals surface area contributed by atoms with Crippen LogP contribution in [0.4, 0.5) is 0 Å². The number of aliphatic hydroxyl groups excluding tert-OH is 1. The molecule has 0 aliphatic carbocycles. The molecule has 0 aliphatic rings. The molecule has 0 saturated carbocycles. The highest BCUT2D eigenvalue weighted by Gasteiger charge is 2.47. The Morgan fingerprint density at radius 3 is 1.62 bits per heavy atom. The van der Waals surface area contributed by atoms with Crippen LogP contribution in [0.1, 0.15) is 75.5 Å². The van der Waals surface area contributed by atoms with Gasteiger partial charge >= 0.3 is 11.9 Å². The van der Waals surface area contributed by atoms with E-state index in [0.29, 0.717) is 0 Å². The number of Topliss-reactive ketones (excluding diaryl/α,β-unsaturated/α-hetero) is 2. The fourth-order valence-corrected chi connectivity index (χ4v) is 6.97. The van der Waals surface area contributed by atoms with Crippen molar-refractivity contribution in [2.75, 3.05) is 13.2 Å². The van der Waals surface area contributed by atoms with Crippen LogP contribution >= 0.6 is 8.53 Å². The minimum atomic E-state index is -2.04. The van der Waals surface area contributed by atoms with E-state index in [2.05, 4.69) is 10.7 Å². The summed E-state index contributed by atoms with van der Waals surface area (Å²) in [5.74, 6) is -5.13. The Kier molecular flexibility index (Phi) is 17.8. The summed E-state index contributed by atoms with van der Waals surface area (Å²) < 4.78 is 25.7. The topological polar surface area (TPSA) is 194 Å². The zero-order chi connectivity index (χ0) is 42.0. The van der Waals surface area contributed by atoms with Gasteiger partial charge in [0.15, 0.2) is 12.2 Å². The fraction of sp³-hybridized carbons (Fsp3) is 0.302. The number of aliphatic hydroxyl groups is 1. The number of carbonyl (C=O) groups excluding carboxylic acids is 5. The lowest BCUT2D eigenvalue weighted by Crippen LogP contribution is -2.60. The van der Waals surface area contributed by atoms with Crippen LogP contribution in [0, 0.1) is 11.3 Å². The molecule has 0 heterocycles. The minimum Gasteiger partial charge on any atom is -0.452 e. The Hall–Kier alpha value is -5.65. The number of ether oxygens (including phenoxy) is 2. The van der Waals surface area contributed by atoms with Crippen molar-refractivity contribution in [1.82, 2.24) is 15.5 Å². The van der Waals surface area contributed by atoms with Crippen molar-refractivity contribution in [1.29, 1.82) is 5.26 Å². The molecule has 4 aromatic rings. The number of hydrogen-bond acceptors (Lipinski definition) is 13. The van der Waals surface area contributed by atoms with E-state index in [9.17, 15) is 34.3 Å². The van der Waals surface area contributed by atoms with Crippen molar-refractivity contribution < 1.29 is 47.6 Å². The second kappa shape index (κ2) is 22.9. The average Bonchev–Trinajstić information content (AvgIpc) is 3.24. The van der Waals surface area contributed by atoms with Crippen LogP contribution in [0.5, 0.6) is 0 Å². The summed E-state index contributed by atoms with van der Waals surface area (Å²) in [6, 6.07) is 30.4. The van der Waals surface area contributed by atoms with Crippen LogP contribution in [0.3, 0.4) is 0 Å². The molecule has 304 valence electrons. The third-order valence-corrected chi connectivity index (χ3v) is 9.93. The zero-order valence-electron chi connectivity index (χ0n) is 32.6. The summed E-state index contributed by atoms with van der Waals surface area (Å²) in [6.07, 6.45) is -5.86. The molecule has 4 rings (SSSR count). The molecular weight excluding hydrogens is 763 g/mol. The maximum Gasteiger partial charge on any atom is 0.338 e. The standard InChI is InChI=1S/C43H47N4O10P/c1-29(2)46-47(30(3)4)58(54-27-17-26-44)55-28-35(48)39(56-42(52)33-22-13-7-14-23-33)40(57-43(53)34-24-15-8-16-25-34)36(45-41(51)32-20-11-6-12-21-32)38(50)37(49)31-18-9-5-10-19-31/h5-16,18-25,29-30,35-36,39-40,46,48H,17,27-28H2,1-4H3,(H,45,51)/t35-,36+,39+,40-,58?/m1/s1. The van der Waals surface area contributed by atoms with Gasteiger partial charge in [0, 0.05) is 23.2 Å². The van der Waals surface area contributed by atoms with E-state index in [-0.39, 0.29) is 47.4 Å². The van der Waals surface area contributed by atoms with Gasteiger partial charge in [-0.05, 0) is 64.1 Å². The fourth-order valence-electron chi connectivity index (χ4n) is 5.42. The molecule has 3 N–H and O–H groups in total. The van der Waals surface area contributed by atoms with Gasteiger partial charge < -0.3 is 28.9 Å². The first-order chi connectivity index (χ1) is 27.9. The molecule has 58 heavy (non-hydrogen) atoms. The van der Waals surface area contributed by atoms with Gasteiger partial charge in [-0.3, -0.25) is 14.4 Å². The summed E-state index contributed by atoms with van der Waals surface area (Å²) >= 11 is 0. The summed E-state index contributed by atoms with van der Waals surface area (Å²) in [6.45, 7) is 6.88. The molecule has 0 bridgehead atoms. The van der Waals surface area contributed by atoms with Gasteiger partial charge in [0.25, 0.3) is 14.4 Å². The first kappa shape index (κ1) is 45.1. The number of ketones is 2. The molecule has 0 saturated heterocycles. The highest BCUT2D eigenvalue weighted by Crippen LogP contribution is 2.43. The van der Waals surface area contributed by atoms with Gasteiger partial charge in [0.2, 0.25) is 11.6 Å². The maximum atomic E-state index is 14.5. The third kappa shape index (κ3) is 13.2. The molecule has 0 radical (unpaired) electrons. The molecule has 5 atom stereocenters. The van der Waals surface area contributed by atoms with Crippen molar-refractivity contribution >= 4 is 37.9 Å². The second-order valence-corrected chi connectivity index (χ2v) is 14.8. The van der Waals surface area contributed by atoms with Crippen LogP contribution in [0.2, 0.25) is 0 Å². The van der Waals surface area contributed by atoms with Crippen LogP contribution in [0.15, 0.2) is 121 Å². The number of nitrogens with zero attached hydrogens (tertiary/aromatic N) is 2. The normalized spacial score (nSPS) is 13.8. The predicted molar refractivity (Wildman–Crippen MR) is 215 cm³/mol. The number of hydrazine groups is 1. The molecule has 14 nitrogen and oxygen atoms in total. The molecule has 0 aliphatic heterocycles. The lowest BCUT2D eigenvalue weighted by atomic mass is 9.92. The Labute approximate surface area is 339 Å². The molecule has 1 amide bonds. The average molecular weight is 811 g/mol. The largest absolute Gasteiger partial charge is 0.452 e. The summed E-state index contributed by atoms with van der Waals surface area (Å²) in [7, 11) is -2.04. The van der Waals surface area contributed by atoms with Gasteiger partial charge in [-0.2, -0.15) is 10.0 Å². The molecule has 1 unspecified atom stereocenters. The summed E-state index contributed by atoms with van der Waals surface area (Å²) in [5, 5.41) is 23.8. The second-order valence-electron chi connectivity index (χ2n) is 13.4. The van der Waals surface area contributed by atoms with Gasteiger partial charge in [-0.25, -0.2) is 15.0 Å². The lowest BCUT2D eigenvalue weighted by molar-refractivity contribution is -0.128. The number of esters is 2. The molecular formula is C43H47N4O10P. The monoisotopic (exact) mass is 810 g/mol. The quantitative estimate of drug-likeness (QED) is 0.0214. The van der Waals surface area contributed by atoms with E-state index in [1.165, 1.54) is 48.5 Å². The van der Waals surface area contributed by atoms with E-state index >= 15 is 0 Å². The van der Waals surface area contributed by atoms with Crippen molar-refractivity contribution in [3.8, 4) is 6.07 Å². The van der Waals surface area contributed by atoms with Gasteiger partial charge in [0.1, 0.15) is 12.1 Å². The number of nitriles is 1. The lowest BCUT2D eigenvalue weighted by Gasteiger charge is -2.37. The highest BCUT2D eigenvalue weighted by atomic mass is 31.2. The van der Waals surface area contributed by atoms with E-state index in [1.807, 2.05) is 33.8 Å². The number of rotatable bonds is 22. The van der Waals surface area contributed by atoms with Crippen LogP contribution in [-0.2, 0) is 23.3 Å². The number of hydrogen-bond donors (Lipinski definition) is 3. The minimum absolute atomic E-state index is 0.0168. The van der Waals surface area contributed by atoms with Gasteiger partial charge in [-0.15, -0.1) is 0 Å². The SMILES string of the molecule is CC(C)NN(C(C)C)P(OCCC#N)OC[C@@H](O)[C@H](OC(=O)c1ccccc1)[C@H](OC(=O)c1ccccc1)[C@@H](NC(=O)c1ccccc1)C(=O)C(=O)c1ccccc1. The predicted octanol–water partition coefficient (Wildman–Crippen LogP) is 5.85.